The van der Waals surface area contributed by atoms with Crippen LogP contribution in [0.25, 0.3) is 10.1 Å². The summed E-state index contributed by atoms with van der Waals surface area (Å²) in [7, 11) is -1.42. The maximum Gasteiger partial charge on any atom is 0.489 e. The molecule has 2 nitrogen and oxygen atoms in total. The molecule has 0 fully saturated rings. The Morgan fingerprint density at radius 3 is 2.71 bits per heavy atom. The second-order valence-corrected chi connectivity index (χ2v) is 6.27. The zero-order chi connectivity index (χ0) is 10.3. The quantitative estimate of drug-likeness (QED) is 0.419. The minimum atomic E-state index is -1.42. The van der Waals surface area contributed by atoms with E-state index in [4.69, 9.17) is 10.0 Å². The van der Waals surface area contributed by atoms with E-state index < -0.39 is 7.12 Å². The van der Waals surface area contributed by atoms with E-state index in [1.54, 1.807) is 12.1 Å². The molecule has 0 atom stereocenters. The first-order valence-corrected chi connectivity index (χ1v) is 6.21. The molecule has 0 saturated carbocycles. The number of fused-ring (bicyclic) bond motifs is 1. The molecule has 2 aromatic rings. The van der Waals surface area contributed by atoms with Crippen LogP contribution >= 0.6 is 46.6 Å². The normalized spacial score (nSPS) is 10.9. The minimum Gasteiger partial charge on any atom is -0.423 e. The highest BCUT2D eigenvalue weighted by Crippen LogP contribution is 2.29. The van der Waals surface area contributed by atoms with E-state index in [1.807, 2.05) is 6.07 Å². The second kappa shape index (κ2) is 4.01. The van der Waals surface area contributed by atoms with Gasteiger partial charge >= 0.3 is 7.12 Å². The number of rotatable bonds is 1. The predicted molar refractivity (Wildman–Crippen MR) is 71.6 cm³/mol. The number of hydrogen-bond acceptors (Lipinski definition) is 4. The molecule has 0 amide bonds. The van der Waals surface area contributed by atoms with E-state index in [0.717, 1.165) is 17.9 Å². The average Bonchev–Trinajstić information content (AvgIpc) is 2.47. The highest BCUT2D eigenvalue weighted by atomic mass is 127. The van der Waals surface area contributed by atoms with Crippen LogP contribution in [0.2, 0.25) is 0 Å². The molecule has 1 heterocycles. The van der Waals surface area contributed by atoms with Crippen molar-refractivity contribution in [2.45, 2.75) is 4.90 Å². The summed E-state index contributed by atoms with van der Waals surface area (Å²) in [4.78, 5) is 0.864. The number of benzene rings is 1. The molecule has 0 unspecified atom stereocenters. The van der Waals surface area contributed by atoms with E-state index in [2.05, 4.69) is 35.2 Å². The Morgan fingerprint density at radius 2 is 2.07 bits per heavy atom. The lowest BCUT2D eigenvalue weighted by Gasteiger charge is -2.02. The van der Waals surface area contributed by atoms with Gasteiger partial charge in [-0.1, -0.05) is 6.07 Å². The molecule has 0 aliphatic rings. The van der Waals surface area contributed by atoms with E-state index in [1.165, 1.54) is 11.3 Å². The first-order chi connectivity index (χ1) is 6.59. The highest BCUT2D eigenvalue weighted by Gasteiger charge is 2.17. The number of halogens is 1. The van der Waals surface area contributed by atoms with Crippen LogP contribution in [0.4, 0.5) is 0 Å². The third-order valence-electron chi connectivity index (χ3n) is 1.94. The van der Waals surface area contributed by atoms with Gasteiger partial charge in [0.15, 0.2) is 0 Å². The second-order valence-electron chi connectivity index (χ2n) is 2.84. The van der Waals surface area contributed by atoms with E-state index >= 15 is 0 Å². The molecule has 0 aliphatic carbocycles. The lowest BCUT2D eigenvalue weighted by atomic mass is 9.80. The van der Waals surface area contributed by atoms with Crippen LogP contribution in [-0.4, -0.2) is 17.2 Å². The van der Waals surface area contributed by atoms with Gasteiger partial charge in [0.2, 0.25) is 0 Å². The van der Waals surface area contributed by atoms with Gasteiger partial charge in [-0.05, 0) is 40.2 Å². The smallest absolute Gasteiger partial charge is 0.423 e. The van der Waals surface area contributed by atoms with Gasteiger partial charge in [0.25, 0.3) is 0 Å². The number of thiol groups is 1. The summed E-state index contributed by atoms with van der Waals surface area (Å²) >= 11 is 8.07. The fourth-order valence-corrected chi connectivity index (χ4v) is 3.54. The van der Waals surface area contributed by atoms with Crippen molar-refractivity contribution in [3.8, 4) is 0 Å². The minimum absolute atomic E-state index is 0.547. The molecule has 0 radical (unpaired) electrons. The summed E-state index contributed by atoms with van der Waals surface area (Å²) in [5, 5.41) is 19.3. The zero-order valence-electron chi connectivity index (χ0n) is 6.94. The molecule has 0 aliphatic heterocycles. The van der Waals surface area contributed by atoms with Crippen molar-refractivity contribution in [2.75, 3.05) is 0 Å². The van der Waals surface area contributed by atoms with Crippen molar-refractivity contribution in [3.63, 3.8) is 0 Å². The summed E-state index contributed by atoms with van der Waals surface area (Å²) in [5.41, 5.74) is 0.547. The predicted octanol–water partition coefficient (Wildman–Crippen LogP) is 1.47. The van der Waals surface area contributed by atoms with Crippen LogP contribution in [0.5, 0.6) is 0 Å². The van der Waals surface area contributed by atoms with Crippen molar-refractivity contribution in [2.24, 2.45) is 0 Å². The Hall–Kier alpha value is 0.245. The van der Waals surface area contributed by atoms with Gasteiger partial charge in [0, 0.05) is 15.0 Å². The van der Waals surface area contributed by atoms with E-state index in [0.29, 0.717) is 5.46 Å². The van der Waals surface area contributed by atoms with E-state index in [-0.39, 0.29) is 0 Å². The van der Waals surface area contributed by atoms with Crippen molar-refractivity contribution >= 4 is 69.2 Å². The summed E-state index contributed by atoms with van der Waals surface area (Å²) in [5.74, 6) is 0. The monoisotopic (exact) mass is 336 g/mol. The van der Waals surface area contributed by atoms with Crippen molar-refractivity contribution in [3.05, 3.63) is 21.1 Å². The Labute approximate surface area is 105 Å². The third-order valence-corrected chi connectivity index (χ3v) is 4.27. The maximum absolute atomic E-state index is 9.16. The van der Waals surface area contributed by atoms with Crippen molar-refractivity contribution in [1.82, 2.24) is 0 Å². The molecule has 0 bridgehead atoms. The van der Waals surface area contributed by atoms with Crippen LogP contribution in [0.15, 0.2) is 23.1 Å². The Balaban J connectivity index is 2.81. The van der Waals surface area contributed by atoms with Crippen LogP contribution in [0.1, 0.15) is 0 Å². The lowest BCUT2D eigenvalue weighted by Crippen LogP contribution is -2.29. The molecular formula is C8H6BIO2S2. The molecule has 14 heavy (non-hydrogen) atoms. The van der Waals surface area contributed by atoms with Crippen molar-refractivity contribution < 1.29 is 10.0 Å². The molecule has 2 N–H and O–H groups in total. The van der Waals surface area contributed by atoms with Crippen LogP contribution in [0, 0.1) is 2.88 Å². The molecule has 72 valence electrons. The third kappa shape index (κ3) is 1.81. The fraction of sp³-hybridized carbons (Fsp3) is 0. The number of hydrogen-bond donors (Lipinski definition) is 3. The molecule has 0 spiro atoms. The summed E-state index contributed by atoms with van der Waals surface area (Å²) in [6.07, 6.45) is 0. The van der Waals surface area contributed by atoms with Gasteiger partial charge in [-0.15, -0.1) is 24.0 Å². The van der Waals surface area contributed by atoms with Crippen LogP contribution in [-0.2, 0) is 0 Å². The highest BCUT2D eigenvalue weighted by molar-refractivity contribution is 14.1. The molecule has 0 saturated heterocycles. The van der Waals surface area contributed by atoms with Gasteiger partial charge in [-0.2, -0.15) is 0 Å². The molecule has 1 aromatic heterocycles. The zero-order valence-corrected chi connectivity index (χ0v) is 10.8. The fourth-order valence-electron chi connectivity index (χ4n) is 1.30. The SMILES string of the molecule is OB(O)c1ccc(S)c2cc(I)sc12. The summed E-state index contributed by atoms with van der Waals surface area (Å²) in [6, 6.07) is 5.47. The van der Waals surface area contributed by atoms with Gasteiger partial charge in [-0.3, -0.25) is 0 Å². The molecule has 2 rings (SSSR count). The van der Waals surface area contributed by atoms with Crippen molar-refractivity contribution in [1.29, 1.82) is 0 Å². The van der Waals surface area contributed by atoms with Gasteiger partial charge in [0.1, 0.15) is 0 Å². The van der Waals surface area contributed by atoms with Gasteiger partial charge in [-0.25, -0.2) is 0 Å². The Kier molecular flexibility index (Phi) is 3.08. The number of thiophene rings is 1. The van der Waals surface area contributed by atoms with Crippen LogP contribution < -0.4 is 5.46 Å². The standard InChI is InChI=1S/C8H6BIO2S2/c10-7-3-4-6(13)2-1-5(9(11)12)8(4)14-7/h1-3,11-13H. The van der Waals surface area contributed by atoms with Gasteiger partial charge in [0.05, 0.1) is 2.88 Å². The Bertz CT molecular complexity index is 483. The molecular weight excluding hydrogens is 330 g/mol. The molecule has 1 aromatic carbocycles. The first kappa shape index (κ1) is 10.8. The summed E-state index contributed by atoms with van der Waals surface area (Å²) < 4.78 is 2.01. The Morgan fingerprint density at radius 1 is 1.36 bits per heavy atom. The largest absolute Gasteiger partial charge is 0.489 e. The molecule has 6 heteroatoms. The first-order valence-electron chi connectivity index (χ1n) is 3.86. The topological polar surface area (TPSA) is 40.5 Å². The van der Waals surface area contributed by atoms with Gasteiger partial charge < -0.3 is 10.0 Å². The van der Waals surface area contributed by atoms with E-state index in [9.17, 15) is 0 Å². The maximum atomic E-state index is 9.16. The summed E-state index contributed by atoms with van der Waals surface area (Å²) in [6.45, 7) is 0. The lowest BCUT2D eigenvalue weighted by molar-refractivity contribution is 0.426. The average molecular weight is 336 g/mol. The van der Waals surface area contributed by atoms with Crippen LogP contribution in [0.3, 0.4) is 0 Å².